The van der Waals surface area contributed by atoms with Gasteiger partial charge in [0.15, 0.2) is 18.9 Å². The van der Waals surface area contributed by atoms with Crippen molar-refractivity contribution in [1.29, 1.82) is 0 Å². The molecule has 1 heterocycles. The predicted molar refractivity (Wildman–Crippen MR) is 84.2 cm³/mol. The average molecular weight is 605 g/mol. The largest absolute Gasteiger partial charge is 0.460 e. The van der Waals surface area contributed by atoms with Gasteiger partial charge < -0.3 is 0 Å². The van der Waals surface area contributed by atoms with Gasteiger partial charge in [0.2, 0.25) is 0 Å². The van der Waals surface area contributed by atoms with Crippen LogP contribution in [-0.4, -0.2) is 61.9 Å². The molecule has 1 aromatic heterocycles. The molecule has 0 saturated heterocycles. The van der Waals surface area contributed by atoms with Gasteiger partial charge in [-0.25, -0.2) is 17.7 Å². The van der Waals surface area contributed by atoms with Crippen LogP contribution in [0.25, 0.3) is 0 Å². The van der Waals surface area contributed by atoms with E-state index in [1.165, 1.54) is 18.2 Å². The number of hydrogen-bond acceptors (Lipinski definition) is 2. The van der Waals surface area contributed by atoms with Crippen LogP contribution >= 0.6 is 0 Å². The number of hydrogen-bond donors (Lipinski definition) is 1. The van der Waals surface area contributed by atoms with Crippen molar-refractivity contribution in [3.8, 4) is 0 Å². The van der Waals surface area contributed by atoms with E-state index in [1.54, 1.807) is 0 Å². The van der Waals surface area contributed by atoms with Gasteiger partial charge in [-0.3, -0.25) is 0 Å². The number of pyridine rings is 1. The number of nitrogens with zero attached hydrogens (tertiary/aromatic N) is 1. The molecule has 4 nitrogen and oxygen atoms in total. The second-order valence-electron chi connectivity index (χ2n) is 6.97. The Labute approximate surface area is 194 Å². The first-order valence-corrected chi connectivity index (χ1v) is 10.2. The van der Waals surface area contributed by atoms with Crippen LogP contribution in [0.4, 0.5) is 74.6 Å². The van der Waals surface area contributed by atoms with Crippen molar-refractivity contribution in [3.05, 3.63) is 30.6 Å². The third kappa shape index (κ3) is 4.78. The number of aromatic nitrogens is 1. The molecular formula is C15H10F17N2O2S+. The molecule has 22 heteroatoms. The standard InChI is InChI=1S/C15H10F17N2O2S/c16-8(17,10(20,21)12(24,25)14(28,29)30)9(18,19)11(22,23)13(26,27)15(31,32)37(35,36)33-4-7-34-5-2-1-3-6-34/h1-3,5-6,33H,4,7H2/q+1. The van der Waals surface area contributed by atoms with Crippen LogP contribution in [0.15, 0.2) is 30.6 Å². The summed E-state index contributed by atoms with van der Waals surface area (Å²) in [5.41, 5.74) is 0. The molecule has 1 aromatic rings. The second-order valence-corrected chi connectivity index (χ2v) is 8.78. The Morgan fingerprint density at radius 1 is 0.541 bits per heavy atom. The molecule has 0 aliphatic rings. The monoisotopic (exact) mass is 605 g/mol. The Morgan fingerprint density at radius 2 is 0.892 bits per heavy atom. The Bertz CT molecular complexity index is 1050. The highest BCUT2D eigenvalue weighted by Gasteiger charge is 2.96. The van der Waals surface area contributed by atoms with Crippen molar-refractivity contribution >= 4 is 10.0 Å². The third-order valence-electron chi connectivity index (χ3n) is 4.47. The summed E-state index contributed by atoms with van der Waals surface area (Å²) in [6, 6.07) is 3.86. The molecule has 0 aliphatic carbocycles. The first-order valence-electron chi connectivity index (χ1n) is 8.72. The molecule has 0 radical (unpaired) electrons. The van der Waals surface area contributed by atoms with Crippen molar-refractivity contribution in [2.24, 2.45) is 0 Å². The summed E-state index contributed by atoms with van der Waals surface area (Å²) >= 11 is 0. The van der Waals surface area contributed by atoms with Crippen LogP contribution in [0.1, 0.15) is 0 Å². The van der Waals surface area contributed by atoms with Gasteiger partial charge in [0.1, 0.15) is 0 Å². The molecule has 0 saturated carbocycles. The minimum absolute atomic E-state index is 0.529. The SMILES string of the molecule is O=S(=O)(NCC[n+]1ccccc1)C(F)(F)C(F)(F)C(F)(F)C(F)(F)C(F)(F)C(F)(F)C(F)(F)C(F)(F)F. The number of nitrogens with one attached hydrogen (secondary N) is 1. The van der Waals surface area contributed by atoms with E-state index in [9.17, 15) is 83.1 Å². The van der Waals surface area contributed by atoms with Crippen LogP contribution in [0.3, 0.4) is 0 Å². The minimum atomic E-state index is -8.85. The van der Waals surface area contributed by atoms with E-state index >= 15 is 0 Å². The van der Waals surface area contributed by atoms with Crippen molar-refractivity contribution in [2.75, 3.05) is 6.54 Å². The Morgan fingerprint density at radius 3 is 1.27 bits per heavy atom. The molecule has 0 fully saturated rings. The van der Waals surface area contributed by atoms with Gasteiger partial charge >= 0.3 is 47.0 Å². The van der Waals surface area contributed by atoms with Crippen LogP contribution in [0.2, 0.25) is 0 Å². The first kappa shape index (κ1) is 32.9. The first-order chi connectivity index (χ1) is 16.1. The molecule has 216 valence electrons. The van der Waals surface area contributed by atoms with E-state index in [0.29, 0.717) is 4.72 Å². The van der Waals surface area contributed by atoms with Crippen molar-refractivity contribution in [1.82, 2.24) is 4.72 Å². The van der Waals surface area contributed by atoms with Gasteiger partial charge in [-0.1, -0.05) is 6.07 Å². The zero-order valence-electron chi connectivity index (χ0n) is 16.9. The summed E-state index contributed by atoms with van der Waals surface area (Å²) in [6.07, 6.45) is -5.66. The lowest BCUT2D eigenvalue weighted by Crippen LogP contribution is -2.75. The summed E-state index contributed by atoms with van der Waals surface area (Å²) in [7, 11) is -7.28. The highest BCUT2D eigenvalue weighted by molar-refractivity contribution is 7.90. The summed E-state index contributed by atoms with van der Waals surface area (Å²) in [5, 5.41) is -7.56. The Balaban J connectivity index is 3.48. The quantitative estimate of drug-likeness (QED) is 0.290. The van der Waals surface area contributed by atoms with E-state index in [1.807, 2.05) is 0 Å². The highest BCUT2D eigenvalue weighted by Crippen LogP contribution is 2.64. The molecule has 0 unspecified atom stereocenters. The minimum Gasteiger partial charge on any atom is -0.206 e. The number of rotatable bonds is 11. The fourth-order valence-electron chi connectivity index (χ4n) is 2.30. The fraction of sp³-hybridized carbons (Fsp3) is 0.667. The summed E-state index contributed by atoms with van der Waals surface area (Å²) < 4.78 is 249. The summed E-state index contributed by atoms with van der Waals surface area (Å²) in [4.78, 5) is 0. The van der Waals surface area contributed by atoms with Gasteiger partial charge in [-0.05, 0) is 0 Å². The van der Waals surface area contributed by atoms with E-state index in [2.05, 4.69) is 0 Å². The molecule has 0 bridgehead atoms. The molecule has 0 spiro atoms. The fourth-order valence-corrected chi connectivity index (χ4v) is 3.31. The van der Waals surface area contributed by atoms with E-state index in [-0.39, 0.29) is 0 Å². The van der Waals surface area contributed by atoms with Crippen LogP contribution in [-0.2, 0) is 16.6 Å². The molecular weight excluding hydrogens is 595 g/mol. The molecule has 0 aromatic carbocycles. The van der Waals surface area contributed by atoms with Crippen LogP contribution < -0.4 is 9.29 Å². The van der Waals surface area contributed by atoms with Gasteiger partial charge in [-0.15, -0.1) is 0 Å². The average Bonchev–Trinajstić information content (AvgIpc) is 2.72. The predicted octanol–water partition coefficient (Wildman–Crippen LogP) is 4.86. The maximum Gasteiger partial charge on any atom is 0.460 e. The third-order valence-corrected chi connectivity index (χ3v) is 5.99. The molecule has 37 heavy (non-hydrogen) atoms. The number of alkyl halides is 17. The smallest absolute Gasteiger partial charge is 0.206 e. The second kappa shape index (κ2) is 9.26. The van der Waals surface area contributed by atoms with Crippen molar-refractivity contribution in [2.45, 2.75) is 53.5 Å². The molecule has 0 atom stereocenters. The van der Waals surface area contributed by atoms with Crippen molar-refractivity contribution < 1.29 is 87.6 Å². The van der Waals surface area contributed by atoms with E-state index < -0.39 is 70.1 Å². The Kier molecular flexibility index (Phi) is 8.23. The molecule has 1 N–H and O–H groups in total. The van der Waals surface area contributed by atoms with Crippen LogP contribution in [0, 0.1) is 0 Å². The van der Waals surface area contributed by atoms with Gasteiger partial charge in [0.25, 0.3) is 10.0 Å². The Hall–Kier alpha value is -2.13. The van der Waals surface area contributed by atoms with Gasteiger partial charge in [-0.2, -0.15) is 74.6 Å². The maximum atomic E-state index is 13.9. The van der Waals surface area contributed by atoms with Crippen molar-refractivity contribution in [3.63, 3.8) is 0 Å². The zero-order chi connectivity index (χ0) is 29.7. The molecule has 0 aliphatic heterocycles. The summed E-state index contributed by atoms with van der Waals surface area (Å²) in [6.45, 7) is -2.11. The van der Waals surface area contributed by atoms with Crippen LogP contribution in [0.5, 0.6) is 0 Å². The van der Waals surface area contributed by atoms with Gasteiger partial charge in [0.05, 0.1) is 6.54 Å². The van der Waals surface area contributed by atoms with E-state index in [4.69, 9.17) is 0 Å². The van der Waals surface area contributed by atoms with Gasteiger partial charge in [0, 0.05) is 12.1 Å². The summed E-state index contributed by atoms with van der Waals surface area (Å²) in [5.74, 6) is -51.6. The number of halogens is 17. The lowest BCUT2D eigenvalue weighted by Gasteiger charge is -2.42. The zero-order valence-corrected chi connectivity index (χ0v) is 17.7. The number of sulfonamides is 1. The molecule has 0 amide bonds. The topological polar surface area (TPSA) is 50.1 Å². The normalized spacial score (nSPS) is 15.7. The molecule has 1 rings (SSSR count). The van der Waals surface area contributed by atoms with E-state index in [0.717, 1.165) is 17.0 Å². The lowest BCUT2D eigenvalue weighted by atomic mass is 9.91. The highest BCUT2D eigenvalue weighted by atomic mass is 32.2. The maximum absolute atomic E-state index is 13.9. The lowest BCUT2D eigenvalue weighted by molar-refractivity contribution is -0.694.